The summed E-state index contributed by atoms with van der Waals surface area (Å²) in [5.41, 5.74) is 8.09. The van der Waals surface area contributed by atoms with Crippen LogP contribution in [0.4, 0.5) is 0 Å². The van der Waals surface area contributed by atoms with Crippen LogP contribution in [-0.4, -0.2) is 17.6 Å². The Hall–Kier alpha value is -2.92. The topological polar surface area (TPSA) is 79.8 Å². The summed E-state index contributed by atoms with van der Waals surface area (Å²) in [4.78, 5) is 11.8. The zero-order valence-corrected chi connectivity index (χ0v) is 13.9. The van der Waals surface area contributed by atoms with E-state index >= 15 is 0 Å². The Balaban J connectivity index is 1.95. The van der Waals surface area contributed by atoms with Gasteiger partial charge in [0.1, 0.15) is 0 Å². The van der Waals surface area contributed by atoms with Crippen molar-refractivity contribution in [3.05, 3.63) is 76.8 Å². The average Bonchev–Trinajstić information content (AvgIpc) is 2.59. The van der Waals surface area contributed by atoms with Crippen molar-refractivity contribution in [1.29, 1.82) is 0 Å². The number of hydrogen-bond acceptors (Lipinski definition) is 3. The summed E-state index contributed by atoms with van der Waals surface area (Å²) in [5, 5.41) is 10.9. The van der Waals surface area contributed by atoms with Gasteiger partial charge in [-0.25, -0.2) is 0 Å². The lowest BCUT2D eigenvalue weighted by atomic mass is 10.1. The molecule has 0 radical (unpaired) electrons. The molecule has 24 heavy (non-hydrogen) atoms. The second kappa shape index (κ2) is 8.64. The summed E-state index contributed by atoms with van der Waals surface area (Å²) >= 11 is 5.83. The largest absolute Gasteiger partial charge is 0.368 e. The SMILES string of the molecule is C/C(=N\N=C(N)NC(=O)/C=C/c1ccccc1)c1ccc(Cl)cc1. The molecule has 0 bridgehead atoms. The van der Waals surface area contributed by atoms with Crippen LogP contribution in [0.2, 0.25) is 5.02 Å². The number of carbonyl (C=O) groups excluding carboxylic acids is 1. The van der Waals surface area contributed by atoms with Crippen molar-refractivity contribution < 1.29 is 4.79 Å². The Labute approximate surface area is 145 Å². The van der Waals surface area contributed by atoms with E-state index in [0.29, 0.717) is 10.7 Å². The van der Waals surface area contributed by atoms with Crippen LogP contribution in [0.3, 0.4) is 0 Å². The van der Waals surface area contributed by atoms with Gasteiger partial charge < -0.3 is 5.73 Å². The molecule has 6 heteroatoms. The Kier molecular flexibility index (Phi) is 6.28. The molecule has 1 amide bonds. The summed E-state index contributed by atoms with van der Waals surface area (Å²) in [6.07, 6.45) is 3.07. The predicted octanol–water partition coefficient (Wildman–Crippen LogP) is 3.21. The maximum atomic E-state index is 11.8. The van der Waals surface area contributed by atoms with E-state index in [1.807, 2.05) is 42.5 Å². The highest BCUT2D eigenvalue weighted by Gasteiger charge is 2.00. The molecule has 0 aliphatic heterocycles. The van der Waals surface area contributed by atoms with E-state index in [9.17, 15) is 4.79 Å². The van der Waals surface area contributed by atoms with E-state index in [1.54, 1.807) is 25.1 Å². The minimum absolute atomic E-state index is 0.0778. The highest BCUT2D eigenvalue weighted by Crippen LogP contribution is 2.10. The number of nitrogens with two attached hydrogens (primary N) is 1. The van der Waals surface area contributed by atoms with Crippen LogP contribution in [0.1, 0.15) is 18.1 Å². The fourth-order valence-electron chi connectivity index (χ4n) is 1.81. The maximum absolute atomic E-state index is 11.8. The molecule has 0 heterocycles. The zero-order chi connectivity index (χ0) is 17.4. The minimum Gasteiger partial charge on any atom is -0.368 e. The van der Waals surface area contributed by atoms with E-state index < -0.39 is 0 Å². The fourth-order valence-corrected chi connectivity index (χ4v) is 1.93. The molecule has 122 valence electrons. The quantitative estimate of drug-likeness (QED) is 0.388. The Morgan fingerprint density at radius 2 is 1.75 bits per heavy atom. The van der Waals surface area contributed by atoms with Crippen LogP contribution in [0.15, 0.2) is 70.9 Å². The molecule has 0 atom stereocenters. The summed E-state index contributed by atoms with van der Waals surface area (Å²) < 4.78 is 0. The van der Waals surface area contributed by atoms with E-state index in [2.05, 4.69) is 15.5 Å². The highest BCUT2D eigenvalue weighted by atomic mass is 35.5. The van der Waals surface area contributed by atoms with Gasteiger partial charge in [-0.15, -0.1) is 5.10 Å². The fraction of sp³-hybridized carbons (Fsp3) is 0.0556. The smallest absolute Gasteiger partial charge is 0.250 e. The van der Waals surface area contributed by atoms with Crippen LogP contribution in [0, 0.1) is 0 Å². The molecule has 2 aromatic rings. The van der Waals surface area contributed by atoms with Crippen molar-refractivity contribution >= 4 is 35.3 Å². The molecule has 0 aliphatic carbocycles. The maximum Gasteiger partial charge on any atom is 0.250 e. The molecule has 2 aromatic carbocycles. The first-order valence-electron chi connectivity index (χ1n) is 7.22. The zero-order valence-electron chi connectivity index (χ0n) is 13.1. The number of nitrogens with zero attached hydrogens (tertiary/aromatic N) is 2. The Morgan fingerprint density at radius 3 is 2.42 bits per heavy atom. The lowest BCUT2D eigenvalue weighted by molar-refractivity contribution is -0.115. The number of halogens is 1. The summed E-state index contributed by atoms with van der Waals surface area (Å²) in [6, 6.07) is 16.6. The van der Waals surface area contributed by atoms with Crippen LogP contribution in [0.5, 0.6) is 0 Å². The molecule has 3 N–H and O–H groups in total. The van der Waals surface area contributed by atoms with Gasteiger partial charge in [0, 0.05) is 11.1 Å². The Morgan fingerprint density at radius 1 is 1.08 bits per heavy atom. The summed E-state index contributed by atoms with van der Waals surface area (Å²) in [7, 11) is 0. The number of benzene rings is 2. The van der Waals surface area contributed by atoms with Crippen molar-refractivity contribution in [2.45, 2.75) is 6.92 Å². The van der Waals surface area contributed by atoms with Gasteiger partial charge in [-0.2, -0.15) is 5.10 Å². The molecular formula is C18H17ClN4O. The molecular weight excluding hydrogens is 324 g/mol. The average molecular weight is 341 g/mol. The molecule has 0 saturated carbocycles. The van der Waals surface area contributed by atoms with Gasteiger partial charge in [0.05, 0.1) is 5.71 Å². The molecule has 0 unspecified atom stereocenters. The van der Waals surface area contributed by atoms with Crippen molar-refractivity contribution in [1.82, 2.24) is 5.32 Å². The number of nitrogens with one attached hydrogen (secondary N) is 1. The Bertz CT molecular complexity index is 780. The third-order valence-corrected chi connectivity index (χ3v) is 3.30. The molecule has 0 aliphatic rings. The van der Waals surface area contributed by atoms with Gasteiger partial charge >= 0.3 is 0 Å². The van der Waals surface area contributed by atoms with Gasteiger partial charge in [-0.3, -0.25) is 10.1 Å². The van der Waals surface area contributed by atoms with Gasteiger partial charge in [-0.05, 0) is 36.3 Å². The van der Waals surface area contributed by atoms with Crippen LogP contribution in [0.25, 0.3) is 6.08 Å². The van der Waals surface area contributed by atoms with Crippen LogP contribution < -0.4 is 11.1 Å². The van der Waals surface area contributed by atoms with Crippen LogP contribution >= 0.6 is 11.6 Å². The standard InChI is InChI=1S/C18H17ClN4O/c1-13(15-8-10-16(19)11-9-15)22-23-18(20)21-17(24)12-7-14-5-3-2-4-6-14/h2-12H,1H3,(H3,20,21,23,24)/b12-7+,22-13+. The van der Waals surface area contributed by atoms with E-state index in [-0.39, 0.29) is 11.9 Å². The highest BCUT2D eigenvalue weighted by molar-refractivity contribution is 6.30. The third kappa shape index (κ3) is 5.70. The second-order valence-electron chi connectivity index (χ2n) is 4.91. The first kappa shape index (κ1) is 17.4. The van der Waals surface area contributed by atoms with Crippen molar-refractivity contribution in [3.8, 4) is 0 Å². The first-order valence-corrected chi connectivity index (χ1v) is 7.60. The monoisotopic (exact) mass is 340 g/mol. The third-order valence-electron chi connectivity index (χ3n) is 3.05. The van der Waals surface area contributed by atoms with Crippen molar-refractivity contribution in [2.24, 2.45) is 15.9 Å². The van der Waals surface area contributed by atoms with Crippen LogP contribution in [-0.2, 0) is 4.79 Å². The number of hydrogen-bond donors (Lipinski definition) is 2. The lowest BCUT2D eigenvalue weighted by Gasteiger charge is -2.01. The molecule has 0 spiro atoms. The summed E-state index contributed by atoms with van der Waals surface area (Å²) in [5.74, 6) is -0.453. The molecule has 0 saturated heterocycles. The van der Waals surface area contributed by atoms with Gasteiger partial charge in [0.15, 0.2) is 0 Å². The van der Waals surface area contributed by atoms with Gasteiger partial charge in [-0.1, -0.05) is 54.1 Å². The van der Waals surface area contributed by atoms with E-state index in [1.165, 1.54) is 6.08 Å². The number of rotatable bonds is 4. The minimum atomic E-state index is -0.376. The predicted molar refractivity (Wildman–Crippen MR) is 98.9 cm³/mol. The lowest BCUT2D eigenvalue weighted by Crippen LogP contribution is -2.35. The number of guanidine groups is 1. The van der Waals surface area contributed by atoms with Crippen molar-refractivity contribution in [3.63, 3.8) is 0 Å². The second-order valence-corrected chi connectivity index (χ2v) is 5.35. The number of amides is 1. The first-order chi connectivity index (χ1) is 11.5. The van der Waals surface area contributed by atoms with E-state index in [4.69, 9.17) is 17.3 Å². The normalized spacial score (nSPS) is 12.4. The van der Waals surface area contributed by atoms with Crippen molar-refractivity contribution in [2.75, 3.05) is 0 Å². The number of carbonyl (C=O) groups is 1. The molecule has 0 aromatic heterocycles. The molecule has 0 fully saturated rings. The summed E-state index contributed by atoms with van der Waals surface area (Å²) in [6.45, 7) is 1.79. The van der Waals surface area contributed by atoms with Gasteiger partial charge in [0.25, 0.3) is 5.91 Å². The van der Waals surface area contributed by atoms with Gasteiger partial charge in [0.2, 0.25) is 5.96 Å². The molecule has 5 nitrogen and oxygen atoms in total. The van der Waals surface area contributed by atoms with E-state index in [0.717, 1.165) is 11.1 Å². The molecule has 2 rings (SSSR count).